The molecule has 0 bridgehead atoms. The summed E-state index contributed by atoms with van der Waals surface area (Å²) in [7, 11) is 0. The fraction of sp³-hybridized carbons (Fsp3) is 0. The lowest BCUT2D eigenvalue weighted by Crippen LogP contribution is -2.04. The maximum atomic E-state index is 9.43. The van der Waals surface area contributed by atoms with Gasteiger partial charge < -0.3 is 5.73 Å². The Hall–Kier alpha value is -2.19. The molecule has 0 unspecified atom stereocenters. The zero-order valence-corrected chi connectivity index (χ0v) is 13.9. The van der Waals surface area contributed by atoms with Crippen LogP contribution in [0.1, 0.15) is 5.56 Å². The van der Waals surface area contributed by atoms with Crippen molar-refractivity contribution in [1.82, 2.24) is 9.78 Å². The molecule has 0 fully saturated rings. The van der Waals surface area contributed by atoms with E-state index < -0.39 is 0 Å². The summed E-state index contributed by atoms with van der Waals surface area (Å²) in [5, 5.41) is 14.8. The number of nitrogens with zero attached hydrogens (tertiary/aromatic N) is 3. The molecule has 4 nitrogen and oxygen atoms in total. The van der Waals surface area contributed by atoms with Crippen LogP contribution in [0, 0.1) is 11.3 Å². The molecule has 1 heterocycles. The minimum atomic E-state index is 0.164. The van der Waals surface area contributed by atoms with Gasteiger partial charge in [-0.3, -0.25) is 0 Å². The van der Waals surface area contributed by atoms with Crippen molar-refractivity contribution in [3.63, 3.8) is 0 Å². The van der Waals surface area contributed by atoms with E-state index in [4.69, 9.17) is 40.5 Å². The fourth-order valence-electron chi connectivity index (χ4n) is 2.25. The topological polar surface area (TPSA) is 67.6 Å². The molecule has 0 saturated heterocycles. The Morgan fingerprint density at radius 3 is 2.22 bits per heavy atom. The molecule has 114 valence electrons. The van der Waals surface area contributed by atoms with Gasteiger partial charge in [0.1, 0.15) is 28.8 Å². The summed E-state index contributed by atoms with van der Waals surface area (Å²) in [4.78, 5) is 0. The monoisotopic (exact) mass is 362 g/mol. The number of nitriles is 1. The highest BCUT2D eigenvalue weighted by atomic mass is 35.5. The molecule has 23 heavy (non-hydrogen) atoms. The minimum absolute atomic E-state index is 0.164. The quantitative estimate of drug-likeness (QED) is 0.700. The van der Waals surface area contributed by atoms with Crippen molar-refractivity contribution in [2.45, 2.75) is 0 Å². The van der Waals surface area contributed by atoms with Crippen molar-refractivity contribution >= 4 is 40.6 Å². The molecule has 0 aliphatic heterocycles. The largest absolute Gasteiger partial charge is 0.382 e. The summed E-state index contributed by atoms with van der Waals surface area (Å²) in [5.74, 6) is 0.164. The molecule has 0 spiro atoms. The van der Waals surface area contributed by atoms with Crippen LogP contribution in [0.5, 0.6) is 0 Å². The van der Waals surface area contributed by atoms with Crippen molar-refractivity contribution in [3.8, 4) is 23.0 Å². The third-order valence-electron chi connectivity index (χ3n) is 3.27. The highest BCUT2D eigenvalue weighted by molar-refractivity contribution is 6.40. The van der Waals surface area contributed by atoms with Crippen LogP contribution in [0.2, 0.25) is 15.1 Å². The molecular formula is C16H9Cl3N4. The fourth-order valence-corrected chi connectivity index (χ4v) is 3.22. The van der Waals surface area contributed by atoms with Gasteiger partial charge >= 0.3 is 0 Å². The normalized spacial score (nSPS) is 10.5. The average Bonchev–Trinajstić information content (AvgIpc) is 2.84. The Morgan fingerprint density at radius 2 is 1.65 bits per heavy atom. The smallest absolute Gasteiger partial charge is 0.146 e. The Kier molecular flexibility index (Phi) is 4.18. The Balaban J connectivity index is 2.28. The lowest BCUT2D eigenvalue weighted by atomic mass is 10.1. The second-order valence-corrected chi connectivity index (χ2v) is 5.97. The third kappa shape index (κ3) is 2.75. The summed E-state index contributed by atoms with van der Waals surface area (Å²) >= 11 is 18.4. The summed E-state index contributed by atoms with van der Waals surface area (Å²) in [6.45, 7) is 0. The van der Waals surface area contributed by atoms with Crippen LogP contribution in [-0.2, 0) is 0 Å². The molecule has 7 heteroatoms. The first-order chi connectivity index (χ1) is 11.0. The molecule has 0 radical (unpaired) electrons. The van der Waals surface area contributed by atoms with Gasteiger partial charge in [-0.2, -0.15) is 10.4 Å². The molecule has 0 saturated carbocycles. The maximum Gasteiger partial charge on any atom is 0.146 e. The van der Waals surface area contributed by atoms with E-state index in [0.29, 0.717) is 26.4 Å². The van der Waals surface area contributed by atoms with Crippen molar-refractivity contribution in [1.29, 1.82) is 5.26 Å². The third-order valence-corrected chi connectivity index (χ3v) is 4.07. The molecule has 0 atom stereocenters. The van der Waals surface area contributed by atoms with Crippen LogP contribution in [0.4, 0.5) is 5.82 Å². The second kappa shape index (κ2) is 6.13. The zero-order valence-electron chi connectivity index (χ0n) is 11.6. The molecule has 3 aromatic rings. The summed E-state index contributed by atoms with van der Waals surface area (Å²) in [5.41, 5.74) is 7.97. The van der Waals surface area contributed by atoms with Gasteiger partial charge in [-0.25, -0.2) is 4.68 Å². The molecule has 0 aliphatic carbocycles. The average molecular weight is 364 g/mol. The number of nitrogen functional groups attached to an aromatic ring is 1. The number of nitrogens with two attached hydrogens (primary N) is 1. The van der Waals surface area contributed by atoms with E-state index in [9.17, 15) is 5.26 Å². The maximum absolute atomic E-state index is 9.43. The first-order valence-electron chi connectivity index (χ1n) is 6.52. The van der Waals surface area contributed by atoms with Crippen molar-refractivity contribution in [2.75, 3.05) is 5.73 Å². The summed E-state index contributed by atoms with van der Waals surface area (Å²) in [6, 6.07) is 14.4. The van der Waals surface area contributed by atoms with E-state index in [-0.39, 0.29) is 11.4 Å². The van der Waals surface area contributed by atoms with Gasteiger partial charge in [-0.05, 0) is 12.1 Å². The number of halogens is 3. The number of rotatable bonds is 2. The van der Waals surface area contributed by atoms with E-state index in [1.54, 1.807) is 12.1 Å². The van der Waals surface area contributed by atoms with Crippen LogP contribution in [0.3, 0.4) is 0 Å². The highest BCUT2D eigenvalue weighted by Crippen LogP contribution is 2.36. The molecule has 3 rings (SSSR count). The summed E-state index contributed by atoms with van der Waals surface area (Å²) < 4.78 is 1.36. The Morgan fingerprint density at radius 1 is 1.04 bits per heavy atom. The van der Waals surface area contributed by atoms with Gasteiger partial charge in [-0.15, -0.1) is 0 Å². The number of benzene rings is 2. The van der Waals surface area contributed by atoms with Crippen molar-refractivity contribution in [2.24, 2.45) is 0 Å². The van der Waals surface area contributed by atoms with E-state index in [2.05, 4.69) is 11.2 Å². The van der Waals surface area contributed by atoms with E-state index >= 15 is 0 Å². The number of anilines is 1. The Labute approximate surface area is 147 Å². The minimum Gasteiger partial charge on any atom is -0.382 e. The van der Waals surface area contributed by atoms with Crippen LogP contribution < -0.4 is 5.73 Å². The van der Waals surface area contributed by atoms with Gasteiger partial charge in [0.05, 0.1) is 10.0 Å². The number of hydrogen-bond acceptors (Lipinski definition) is 3. The lowest BCUT2D eigenvalue weighted by Gasteiger charge is -2.09. The Bertz CT molecular complexity index is 903. The molecule has 0 aliphatic rings. The molecule has 2 aromatic carbocycles. The van der Waals surface area contributed by atoms with E-state index in [1.165, 1.54) is 4.68 Å². The SMILES string of the molecule is N#Cc1c(-c2ccccc2)nn(-c2c(Cl)cc(Cl)cc2Cl)c1N. The van der Waals surface area contributed by atoms with Gasteiger partial charge in [0.15, 0.2) is 0 Å². The first-order valence-corrected chi connectivity index (χ1v) is 7.65. The van der Waals surface area contributed by atoms with Gasteiger partial charge in [0.2, 0.25) is 0 Å². The number of hydrogen-bond donors (Lipinski definition) is 1. The predicted octanol–water partition coefficient (Wildman–Crippen LogP) is 4.95. The zero-order chi connectivity index (χ0) is 16.6. The van der Waals surface area contributed by atoms with Crippen LogP contribution in [0.15, 0.2) is 42.5 Å². The lowest BCUT2D eigenvalue weighted by molar-refractivity contribution is 0.895. The highest BCUT2D eigenvalue weighted by Gasteiger charge is 2.21. The van der Waals surface area contributed by atoms with E-state index in [1.807, 2.05) is 30.3 Å². The molecule has 1 aromatic heterocycles. The van der Waals surface area contributed by atoms with Crippen LogP contribution >= 0.6 is 34.8 Å². The molecular weight excluding hydrogens is 355 g/mol. The second-order valence-electron chi connectivity index (χ2n) is 4.72. The van der Waals surface area contributed by atoms with Gasteiger partial charge in [-0.1, -0.05) is 65.1 Å². The van der Waals surface area contributed by atoms with E-state index in [0.717, 1.165) is 5.56 Å². The van der Waals surface area contributed by atoms with Crippen LogP contribution in [0.25, 0.3) is 16.9 Å². The summed E-state index contributed by atoms with van der Waals surface area (Å²) in [6.07, 6.45) is 0. The standard InChI is InChI=1S/C16H9Cl3N4/c17-10-6-12(18)15(13(19)7-10)23-16(21)11(8-20)14(22-23)9-4-2-1-3-5-9/h1-7H,21H2. The molecule has 0 amide bonds. The van der Waals surface area contributed by atoms with Crippen LogP contribution in [-0.4, -0.2) is 9.78 Å². The molecule has 2 N–H and O–H groups in total. The predicted molar refractivity (Wildman–Crippen MR) is 93.2 cm³/mol. The van der Waals surface area contributed by atoms with Gasteiger partial charge in [0.25, 0.3) is 0 Å². The van der Waals surface area contributed by atoms with Crippen molar-refractivity contribution in [3.05, 3.63) is 63.1 Å². The van der Waals surface area contributed by atoms with Gasteiger partial charge in [0, 0.05) is 10.6 Å². The first kappa shape index (κ1) is 15.7. The van der Waals surface area contributed by atoms with Crippen molar-refractivity contribution < 1.29 is 0 Å². The number of aromatic nitrogens is 2.